The highest BCUT2D eigenvalue weighted by atomic mass is 16.1. The zero-order valence-corrected chi connectivity index (χ0v) is 10.7. The summed E-state index contributed by atoms with van der Waals surface area (Å²) in [5.41, 5.74) is 5.23. The Kier molecular flexibility index (Phi) is 5.81. The highest BCUT2D eigenvalue weighted by molar-refractivity contribution is 5.76. The van der Waals surface area contributed by atoms with Crippen LogP contribution in [-0.4, -0.2) is 18.5 Å². The Labute approximate surface area is 99.2 Å². The Hall–Kier alpha value is -0.570. The minimum absolute atomic E-state index is 0.0478. The van der Waals surface area contributed by atoms with Crippen LogP contribution in [0.2, 0.25) is 0 Å². The van der Waals surface area contributed by atoms with E-state index in [4.69, 9.17) is 5.73 Å². The standard InChI is InChI=1S/C13H26N2O/c1-3-4-11-5-7-12(8-6-11)15-9-10(2)13(14)16/h10-12,15H,3-9H2,1-2H3,(H2,14,16). The van der Waals surface area contributed by atoms with Gasteiger partial charge in [-0.3, -0.25) is 4.79 Å². The lowest BCUT2D eigenvalue weighted by Gasteiger charge is -2.29. The van der Waals surface area contributed by atoms with E-state index in [1.165, 1.54) is 38.5 Å². The quantitative estimate of drug-likeness (QED) is 0.728. The molecule has 3 nitrogen and oxygen atoms in total. The number of hydrogen-bond donors (Lipinski definition) is 2. The fraction of sp³-hybridized carbons (Fsp3) is 0.923. The molecule has 0 aromatic carbocycles. The van der Waals surface area contributed by atoms with Crippen LogP contribution >= 0.6 is 0 Å². The van der Waals surface area contributed by atoms with Crippen molar-refractivity contribution in [3.8, 4) is 0 Å². The highest BCUT2D eigenvalue weighted by Gasteiger charge is 2.21. The van der Waals surface area contributed by atoms with Gasteiger partial charge in [-0.2, -0.15) is 0 Å². The van der Waals surface area contributed by atoms with E-state index >= 15 is 0 Å². The second-order valence-electron chi connectivity index (χ2n) is 5.22. The Morgan fingerprint density at radius 3 is 2.50 bits per heavy atom. The number of carbonyl (C=O) groups is 1. The van der Waals surface area contributed by atoms with Crippen LogP contribution in [0, 0.1) is 11.8 Å². The molecule has 1 aliphatic carbocycles. The number of primary amides is 1. The maximum absolute atomic E-state index is 10.9. The molecule has 1 amide bonds. The monoisotopic (exact) mass is 226 g/mol. The fourth-order valence-corrected chi connectivity index (χ4v) is 2.51. The molecule has 0 spiro atoms. The summed E-state index contributed by atoms with van der Waals surface area (Å²) in [5.74, 6) is 0.692. The molecule has 1 atom stereocenters. The number of rotatable bonds is 6. The molecule has 3 N–H and O–H groups in total. The van der Waals surface area contributed by atoms with Crippen molar-refractivity contribution in [2.24, 2.45) is 17.6 Å². The average Bonchev–Trinajstić information content (AvgIpc) is 2.28. The molecule has 1 fully saturated rings. The Balaban J connectivity index is 2.14. The van der Waals surface area contributed by atoms with Crippen molar-refractivity contribution in [1.82, 2.24) is 5.32 Å². The summed E-state index contributed by atoms with van der Waals surface area (Å²) in [6.45, 7) is 4.88. The predicted octanol–water partition coefficient (Wildman–Crippen LogP) is 2.06. The largest absolute Gasteiger partial charge is 0.369 e. The SMILES string of the molecule is CCCC1CCC(NCC(C)C(N)=O)CC1. The van der Waals surface area contributed by atoms with Crippen molar-refractivity contribution in [3.05, 3.63) is 0 Å². The summed E-state index contributed by atoms with van der Waals surface area (Å²) in [6.07, 6.45) is 7.89. The highest BCUT2D eigenvalue weighted by Crippen LogP contribution is 2.27. The van der Waals surface area contributed by atoms with Crippen LogP contribution in [0.4, 0.5) is 0 Å². The van der Waals surface area contributed by atoms with Gasteiger partial charge in [0.1, 0.15) is 0 Å². The van der Waals surface area contributed by atoms with Crippen LogP contribution in [0.1, 0.15) is 52.4 Å². The summed E-state index contributed by atoms with van der Waals surface area (Å²) >= 11 is 0. The van der Waals surface area contributed by atoms with Gasteiger partial charge in [0.2, 0.25) is 5.91 Å². The molecule has 1 unspecified atom stereocenters. The molecule has 3 heteroatoms. The van der Waals surface area contributed by atoms with Crippen molar-refractivity contribution in [3.63, 3.8) is 0 Å². The van der Waals surface area contributed by atoms with Crippen LogP contribution in [0.3, 0.4) is 0 Å². The topological polar surface area (TPSA) is 55.1 Å². The average molecular weight is 226 g/mol. The third kappa shape index (κ3) is 4.52. The van der Waals surface area contributed by atoms with E-state index in [1.807, 2.05) is 6.92 Å². The van der Waals surface area contributed by atoms with E-state index in [0.29, 0.717) is 6.04 Å². The molecule has 1 aliphatic rings. The summed E-state index contributed by atoms with van der Waals surface area (Å²) in [4.78, 5) is 10.9. The Morgan fingerprint density at radius 1 is 1.38 bits per heavy atom. The third-order valence-electron chi connectivity index (χ3n) is 3.74. The second-order valence-corrected chi connectivity index (χ2v) is 5.22. The van der Waals surface area contributed by atoms with Crippen LogP contribution < -0.4 is 11.1 Å². The normalized spacial score (nSPS) is 27.6. The molecular weight excluding hydrogens is 200 g/mol. The van der Waals surface area contributed by atoms with Crippen molar-refractivity contribution >= 4 is 5.91 Å². The van der Waals surface area contributed by atoms with Crippen LogP contribution in [0.15, 0.2) is 0 Å². The van der Waals surface area contributed by atoms with Gasteiger partial charge in [0.05, 0.1) is 0 Å². The van der Waals surface area contributed by atoms with E-state index < -0.39 is 0 Å². The lowest BCUT2D eigenvalue weighted by atomic mass is 9.83. The molecular formula is C13H26N2O. The van der Waals surface area contributed by atoms with Crippen molar-refractivity contribution in [1.29, 1.82) is 0 Å². The van der Waals surface area contributed by atoms with Crippen molar-refractivity contribution in [2.45, 2.75) is 58.4 Å². The number of carbonyl (C=O) groups excluding carboxylic acids is 1. The van der Waals surface area contributed by atoms with Crippen LogP contribution in [0.25, 0.3) is 0 Å². The summed E-state index contributed by atoms with van der Waals surface area (Å²) in [7, 11) is 0. The first-order valence-corrected chi connectivity index (χ1v) is 6.66. The first-order valence-electron chi connectivity index (χ1n) is 6.66. The third-order valence-corrected chi connectivity index (χ3v) is 3.74. The van der Waals surface area contributed by atoms with E-state index in [2.05, 4.69) is 12.2 Å². The molecule has 0 aromatic heterocycles. The zero-order chi connectivity index (χ0) is 12.0. The van der Waals surface area contributed by atoms with E-state index in [-0.39, 0.29) is 11.8 Å². The molecule has 0 aliphatic heterocycles. The zero-order valence-electron chi connectivity index (χ0n) is 10.7. The maximum atomic E-state index is 10.9. The minimum atomic E-state index is -0.202. The number of nitrogens with one attached hydrogen (secondary N) is 1. The molecule has 1 saturated carbocycles. The van der Waals surface area contributed by atoms with Crippen molar-refractivity contribution < 1.29 is 4.79 Å². The minimum Gasteiger partial charge on any atom is -0.369 e. The van der Waals surface area contributed by atoms with Gasteiger partial charge in [0.15, 0.2) is 0 Å². The van der Waals surface area contributed by atoms with E-state index in [9.17, 15) is 4.79 Å². The number of nitrogens with two attached hydrogens (primary N) is 1. The molecule has 0 saturated heterocycles. The smallest absolute Gasteiger partial charge is 0.221 e. The van der Waals surface area contributed by atoms with Gasteiger partial charge >= 0.3 is 0 Å². The predicted molar refractivity (Wildman–Crippen MR) is 67.0 cm³/mol. The fourth-order valence-electron chi connectivity index (χ4n) is 2.51. The first-order chi connectivity index (χ1) is 7.63. The number of hydrogen-bond acceptors (Lipinski definition) is 2. The van der Waals surface area contributed by atoms with Crippen LogP contribution in [-0.2, 0) is 4.79 Å². The van der Waals surface area contributed by atoms with Gasteiger partial charge in [-0.25, -0.2) is 0 Å². The molecule has 0 radical (unpaired) electrons. The molecule has 16 heavy (non-hydrogen) atoms. The summed E-state index contributed by atoms with van der Waals surface area (Å²) < 4.78 is 0. The van der Waals surface area contributed by atoms with E-state index in [1.54, 1.807) is 0 Å². The molecule has 94 valence electrons. The maximum Gasteiger partial charge on any atom is 0.221 e. The van der Waals surface area contributed by atoms with E-state index in [0.717, 1.165) is 12.5 Å². The molecule has 1 rings (SSSR count). The van der Waals surface area contributed by atoms with Crippen LogP contribution in [0.5, 0.6) is 0 Å². The molecule has 0 aromatic rings. The Morgan fingerprint density at radius 2 is 2.00 bits per heavy atom. The van der Waals surface area contributed by atoms with Crippen molar-refractivity contribution in [2.75, 3.05) is 6.54 Å². The Bertz CT molecular complexity index is 210. The van der Waals surface area contributed by atoms with Gasteiger partial charge in [0, 0.05) is 18.5 Å². The van der Waals surface area contributed by atoms with Gasteiger partial charge in [0.25, 0.3) is 0 Å². The van der Waals surface area contributed by atoms with Gasteiger partial charge in [-0.15, -0.1) is 0 Å². The lowest BCUT2D eigenvalue weighted by molar-refractivity contribution is -0.121. The molecule has 0 bridgehead atoms. The summed E-state index contributed by atoms with van der Waals surface area (Å²) in [6, 6.07) is 0.606. The number of amides is 1. The van der Waals surface area contributed by atoms with Gasteiger partial charge in [-0.1, -0.05) is 26.7 Å². The van der Waals surface area contributed by atoms with Gasteiger partial charge < -0.3 is 11.1 Å². The summed E-state index contributed by atoms with van der Waals surface area (Å²) in [5, 5.41) is 3.46. The molecule has 0 heterocycles. The second kappa shape index (κ2) is 6.89. The van der Waals surface area contributed by atoms with Gasteiger partial charge in [-0.05, 0) is 31.6 Å². The lowest BCUT2D eigenvalue weighted by Crippen LogP contribution is -2.39. The first kappa shape index (κ1) is 13.5.